The van der Waals surface area contributed by atoms with Crippen molar-refractivity contribution in [1.29, 1.82) is 0 Å². The van der Waals surface area contributed by atoms with Crippen LogP contribution in [0.1, 0.15) is 35.8 Å². The Balaban J connectivity index is 1.59. The first-order valence-corrected chi connectivity index (χ1v) is 13.0. The molecular formula is C24H31N9O3S. The van der Waals surface area contributed by atoms with Gasteiger partial charge >= 0.3 is 0 Å². The first-order chi connectivity index (χ1) is 18.1. The summed E-state index contributed by atoms with van der Waals surface area (Å²) in [5.41, 5.74) is 11.0. The largest absolute Gasteiger partial charge is 0.396 e. The fourth-order valence-electron chi connectivity index (χ4n) is 3.96. The minimum Gasteiger partial charge on any atom is -0.396 e. The molecular weight excluding hydrogens is 494 g/mol. The molecule has 37 heavy (non-hydrogen) atoms. The lowest BCUT2D eigenvalue weighted by Gasteiger charge is -2.33. The fourth-order valence-corrected chi connectivity index (χ4v) is 4.78. The molecule has 1 aromatic carbocycles. The van der Waals surface area contributed by atoms with Gasteiger partial charge in [-0.05, 0) is 43.7 Å². The molecule has 3 aromatic rings. The predicted molar refractivity (Wildman–Crippen MR) is 143 cm³/mol. The molecule has 196 valence electrons. The number of azide groups is 1. The van der Waals surface area contributed by atoms with Crippen LogP contribution in [-0.2, 0) is 17.9 Å². The van der Waals surface area contributed by atoms with Gasteiger partial charge in [0.1, 0.15) is 16.9 Å². The molecule has 0 spiro atoms. The second-order valence-corrected chi connectivity index (χ2v) is 9.77. The van der Waals surface area contributed by atoms with Crippen molar-refractivity contribution in [3.8, 4) is 5.88 Å². The van der Waals surface area contributed by atoms with Crippen LogP contribution in [-0.4, -0.2) is 46.4 Å². The number of nitrogens with zero attached hydrogens (tertiary/aromatic N) is 7. The maximum absolute atomic E-state index is 9.70. The number of aromatic nitrogens is 3. The number of ether oxygens (including phenoxy) is 1. The van der Waals surface area contributed by atoms with E-state index in [0.717, 1.165) is 37.3 Å². The van der Waals surface area contributed by atoms with Crippen LogP contribution in [0.25, 0.3) is 10.4 Å². The van der Waals surface area contributed by atoms with Crippen molar-refractivity contribution >= 4 is 34.1 Å². The molecule has 1 aliphatic heterocycles. The standard InChI is InChI=1S/C24H31N9O3S/c1-3-35-15-19-22(36-32-31-25)29-24(37-19)30-23-27-20(26-12-17-8-6-16(2)7-9-17)11-21(28-23)33-10-4-5-18(13-33)14-34/h6-9,11,18,34H,3-5,10,12-15H2,1-2H3,(H2,26,27,28,29,30). The van der Waals surface area contributed by atoms with E-state index in [-0.39, 0.29) is 25.0 Å². The number of anilines is 4. The van der Waals surface area contributed by atoms with Crippen LogP contribution in [0.15, 0.2) is 35.6 Å². The Bertz CT molecular complexity index is 1210. The quantitative estimate of drug-likeness (QED) is 0.129. The van der Waals surface area contributed by atoms with E-state index < -0.39 is 0 Å². The number of benzene rings is 1. The normalized spacial score (nSPS) is 15.2. The summed E-state index contributed by atoms with van der Waals surface area (Å²) in [5.74, 6) is 2.18. The van der Waals surface area contributed by atoms with Crippen molar-refractivity contribution in [2.75, 3.05) is 41.8 Å². The van der Waals surface area contributed by atoms with E-state index in [1.54, 1.807) is 0 Å². The Kier molecular flexibility index (Phi) is 9.33. The van der Waals surface area contributed by atoms with Gasteiger partial charge in [-0.3, -0.25) is 5.32 Å². The maximum atomic E-state index is 9.70. The van der Waals surface area contributed by atoms with Crippen LogP contribution in [0, 0.1) is 12.8 Å². The van der Waals surface area contributed by atoms with E-state index in [1.807, 2.05) is 13.0 Å². The average Bonchev–Trinajstić information content (AvgIpc) is 3.31. The van der Waals surface area contributed by atoms with Gasteiger partial charge < -0.3 is 24.9 Å². The zero-order valence-corrected chi connectivity index (χ0v) is 21.7. The number of aryl methyl sites for hydroxylation is 1. The highest BCUT2D eigenvalue weighted by atomic mass is 32.1. The van der Waals surface area contributed by atoms with Crippen LogP contribution in [0.2, 0.25) is 0 Å². The van der Waals surface area contributed by atoms with Crippen LogP contribution in [0.3, 0.4) is 0 Å². The molecule has 3 N–H and O–H groups in total. The third-order valence-corrected chi connectivity index (χ3v) is 6.81. The molecule has 0 radical (unpaired) electrons. The maximum Gasteiger partial charge on any atom is 0.246 e. The lowest BCUT2D eigenvalue weighted by molar-refractivity contribution is 0.133. The smallest absolute Gasteiger partial charge is 0.246 e. The number of aliphatic hydroxyl groups excluding tert-OH is 1. The molecule has 12 nitrogen and oxygen atoms in total. The summed E-state index contributed by atoms with van der Waals surface area (Å²) in [6, 6.07) is 10.3. The van der Waals surface area contributed by atoms with Gasteiger partial charge in [0.2, 0.25) is 11.8 Å². The van der Waals surface area contributed by atoms with Gasteiger partial charge in [-0.15, -0.1) is 0 Å². The van der Waals surface area contributed by atoms with Crippen LogP contribution in [0.4, 0.5) is 22.7 Å². The van der Waals surface area contributed by atoms with Gasteiger partial charge in [0, 0.05) is 43.8 Å². The predicted octanol–water partition coefficient (Wildman–Crippen LogP) is 4.95. The molecule has 1 aliphatic rings. The molecule has 13 heteroatoms. The van der Waals surface area contributed by atoms with Crippen molar-refractivity contribution in [2.24, 2.45) is 11.2 Å². The number of piperidine rings is 1. The highest BCUT2D eigenvalue weighted by Gasteiger charge is 2.22. The van der Waals surface area contributed by atoms with Crippen molar-refractivity contribution in [3.63, 3.8) is 0 Å². The second-order valence-electron chi connectivity index (χ2n) is 8.68. The Morgan fingerprint density at radius 2 is 2.11 bits per heavy atom. The molecule has 3 heterocycles. The lowest BCUT2D eigenvalue weighted by Crippen LogP contribution is -2.37. The van der Waals surface area contributed by atoms with Crippen LogP contribution < -0.4 is 20.4 Å². The topological polar surface area (TPSA) is 153 Å². The van der Waals surface area contributed by atoms with E-state index in [0.29, 0.717) is 34.9 Å². The van der Waals surface area contributed by atoms with E-state index in [9.17, 15) is 5.11 Å². The third kappa shape index (κ3) is 7.43. The van der Waals surface area contributed by atoms with Crippen LogP contribution in [0.5, 0.6) is 5.88 Å². The van der Waals surface area contributed by atoms with Crippen molar-refractivity contribution in [1.82, 2.24) is 15.0 Å². The highest BCUT2D eigenvalue weighted by molar-refractivity contribution is 7.15. The Labute approximate surface area is 219 Å². The van der Waals surface area contributed by atoms with E-state index in [4.69, 9.17) is 20.1 Å². The third-order valence-electron chi connectivity index (χ3n) is 5.89. The monoisotopic (exact) mass is 525 g/mol. The van der Waals surface area contributed by atoms with Crippen molar-refractivity contribution in [2.45, 2.75) is 39.8 Å². The van der Waals surface area contributed by atoms with E-state index >= 15 is 0 Å². The molecule has 0 amide bonds. The molecule has 4 rings (SSSR count). The Hall–Kier alpha value is -3.64. The molecule has 0 aliphatic carbocycles. The second kappa shape index (κ2) is 13.1. The molecule has 2 aromatic heterocycles. The number of hydrogen-bond acceptors (Lipinski definition) is 11. The molecule has 1 fully saturated rings. The SMILES string of the molecule is CCOCc1sc(Nc2nc(NCc3ccc(C)cc3)cc(N3CCCC(CO)C3)n2)nc1ON=[N+]=[N-]. The molecule has 1 unspecified atom stereocenters. The van der Waals surface area contributed by atoms with Gasteiger partial charge in [-0.2, -0.15) is 15.0 Å². The van der Waals surface area contributed by atoms with E-state index in [2.05, 4.69) is 66.9 Å². The summed E-state index contributed by atoms with van der Waals surface area (Å²) >= 11 is 1.31. The summed E-state index contributed by atoms with van der Waals surface area (Å²) in [5, 5.41) is 19.9. The average molecular weight is 526 g/mol. The summed E-state index contributed by atoms with van der Waals surface area (Å²) in [7, 11) is 0. The van der Waals surface area contributed by atoms with Crippen molar-refractivity contribution < 1.29 is 14.7 Å². The number of nitrogens with one attached hydrogen (secondary N) is 2. The van der Waals surface area contributed by atoms with Crippen molar-refractivity contribution in [3.05, 3.63) is 56.8 Å². The molecule has 1 atom stereocenters. The van der Waals surface area contributed by atoms with Gasteiger partial charge in [-0.25, -0.2) is 0 Å². The summed E-state index contributed by atoms with van der Waals surface area (Å²) < 4.78 is 5.48. The first kappa shape index (κ1) is 26.4. The minimum absolute atomic E-state index is 0.154. The van der Waals surface area contributed by atoms with Gasteiger partial charge in [0.05, 0.1) is 11.5 Å². The van der Waals surface area contributed by atoms with Gasteiger partial charge in [-0.1, -0.05) is 41.2 Å². The zero-order valence-electron chi connectivity index (χ0n) is 20.9. The number of hydrogen-bond donors (Lipinski definition) is 3. The van der Waals surface area contributed by atoms with E-state index in [1.165, 1.54) is 16.9 Å². The lowest BCUT2D eigenvalue weighted by atomic mass is 9.99. The number of aliphatic hydroxyl groups is 1. The molecule has 0 bridgehead atoms. The van der Waals surface area contributed by atoms with Gasteiger partial charge in [0.25, 0.3) is 0 Å². The Morgan fingerprint density at radius 1 is 1.27 bits per heavy atom. The van der Waals surface area contributed by atoms with Crippen LogP contribution >= 0.6 is 11.3 Å². The number of thiazole rings is 1. The summed E-state index contributed by atoms with van der Waals surface area (Å²) in [6.07, 6.45) is 1.98. The van der Waals surface area contributed by atoms with Gasteiger partial charge in [0.15, 0.2) is 5.13 Å². The summed E-state index contributed by atoms with van der Waals surface area (Å²) in [6.45, 7) is 7.08. The molecule has 0 saturated carbocycles. The Morgan fingerprint density at radius 3 is 2.86 bits per heavy atom. The fraction of sp³-hybridized carbons (Fsp3) is 0.458. The zero-order chi connectivity index (χ0) is 26.0. The number of rotatable bonds is 12. The highest BCUT2D eigenvalue weighted by Crippen LogP contribution is 2.32. The minimum atomic E-state index is 0.154. The first-order valence-electron chi connectivity index (χ1n) is 12.2. The summed E-state index contributed by atoms with van der Waals surface area (Å²) in [4.78, 5) is 24.3. The molecule has 1 saturated heterocycles.